The molecule has 2 rings (SSSR count). The molecule has 0 saturated heterocycles. The molecule has 0 aliphatic rings. The zero-order valence-corrected chi connectivity index (χ0v) is 10.6. The summed E-state index contributed by atoms with van der Waals surface area (Å²) >= 11 is 5.64. The molecule has 0 bridgehead atoms. The van der Waals surface area contributed by atoms with Gasteiger partial charge in [0, 0.05) is 22.7 Å². The number of rotatable bonds is 3. The highest BCUT2D eigenvalue weighted by atomic mass is 35.5. The van der Waals surface area contributed by atoms with Gasteiger partial charge in [-0.1, -0.05) is 17.7 Å². The fraction of sp³-hybridized carbons (Fsp3) is 0.143. The average Bonchev–Trinajstić information content (AvgIpc) is 2.26. The summed E-state index contributed by atoms with van der Waals surface area (Å²) in [5.74, 6) is -1.89. The lowest BCUT2D eigenvalue weighted by atomic mass is 9.99. The van der Waals surface area contributed by atoms with Crippen LogP contribution in [0.15, 0.2) is 36.4 Å². The first-order valence-electron chi connectivity index (χ1n) is 5.61. The van der Waals surface area contributed by atoms with Gasteiger partial charge in [-0.25, -0.2) is 13.2 Å². The minimum atomic E-state index is -0.696. The molecular weight excluding hydrogens is 275 g/mol. The first-order chi connectivity index (χ1) is 8.95. The van der Waals surface area contributed by atoms with Crippen LogP contribution in [0.3, 0.4) is 0 Å². The molecule has 2 aromatic rings. The third-order valence-corrected chi connectivity index (χ3v) is 2.98. The Labute approximate surface area is 113 Å². The fourth-order valence-electron chi connectivity index (χ4n) is 1.89. The summed E-state index contributed by atoms with van der Waals surface area (Å²) in [5.41, 5.74) is 6.48. The van der Waals surface area contributed by atoms with Crippen LogP contribution in [0.1, 0.15) is 17.2 Å². The highest BCUT2D eigenvalue weighted by molar-refractivity contribution is 6.30. The first-order valence-corrected chi connectivity index (χ1v) is 5.99. The van der Waals surface area contributed by atoms with Crippen LogP contribution in [0.4, 0.5) is 13.2 Å². The van der Waals surface area contributed by atoms with Gasteiger partial charge in [-0.05, 0) is 36.2 Å². The van der Waals surface area contributed by atoms with E-state index in [2.05, 4.69) is 0 Å². The maximum absolute atomic E-state index is 13.6. The van der Waals surface area contributed by atoms with E-state index >= 15 is 0 Å². The van der Waals surface area contributed by atoms with Gasteiger partial charge in [0.05, 0.1) is 0 Å². The maximum Gasteiger partial charge on any atom is 0.129 e. The van der Waals surface area contributed by atoms with E-state index in [1.807, 2.05) is 0 Å². The van der Waals surface area contributed by atoms with Crippen LogP contribution in [-0.2, 0) is 6.42 Å². The van der Waals surface area contributed by atoms with E-state index in [1.165, 1.54) is 24.3 Å². The van der Waals surface area contributed by atoms with E-state index in [-0.39, 0.29) is 17.0 Å². The zero-order valence-electron chi connectivity index (χ0n) is 9.84. The summed E-state index contributed by atoms with van der Waals surface area (Å²) < 4.78 is 39.7. The zero-order chi connectivity index (χ0) is 14.0. The normalized spacial score (nSPS) is 12.5. The summed E-state index contributed by atoms with van der Waals surface area (Å²) in [5, 5.41) is 0.269. The summed E-state index contributed by atoms with van der Waals surface area (Å²) in [6, 6.07) is 6.58. The van der Waals surface area contributed by atoms with Gasteiger partial charge >= 0.3 is 0 Å². The predicted octanol–water partition coefficient (Wildman–Crippen LogP) is 4.00. The second-order valence-electron chi connectivity index (χ2n) is 4.25. The molecule has 0 heterocycles. The lowest BCUT2D eigenvalue weighted by Gasteiger charge is -2.13. The van der Waals surface area contributed by atoms with Crippen LogP contribution in [0.5, 0.6) is 0 Å². The van der Waals surface area contributed by atoms with Crippen molar-refractivity contribution in [2.24, 2.45) is 5.73 Å². The molecule has 2 aromatic carbocycles. The Bertz CT molecular complexity index is 581. The highest BCUT2D eigenvalue weighted by Crippen LogP contribution is 2.22. The van der Waals surface area contributed by atoms with Gasteiger partial charge in [0.15, 0.2) is 0 Å². The molecule has 1 unspecified atom stereocenters. The Morgan fingerprint density at radius 1 is 1.00 bits per heavy atom. The molecule has 0 saturated carbocycles. The van der Waals surface area contributed by atoms with Crippen LogP contribution in [0.25, 0.3) is 0 Å². The van der Waals surface area contributed by atoms with Crippen molar-refractivity contribution in [1.29, 1.82) is 0 Å². The Hall–Kier alpha value is -1.52. The van der Waals surface area contributed by atoms with Gasteiger partial charge in [-0.15, -0.1) is 0 Å². The second kappa shape index (κ2) is 5.63. The molecule has 0 spiro atoms. The van der Waals surface area contributed by atoms with Crippen LogP contribution < -0.4 is 5.73 Å². The maximum atomic E-state index is 13.6. The number of halogens is 4. The molecule has 0 aliphatic carbocycles. The lowest BCUT2D eigenvalue weighted by Crippen LogP contribution is -2.15. The van der Waals surface area contributed by atoms with E-state index in [9.17, 15) is 13.2 Å². The topological polar surface area (TPSA) is 26.0 Å². The molecular formula is C14H11ClF3N. The Balaban J connectivity index is 2.22. The summed E-state index contributed by atoms with van der Waals surface area (Å²) in [6.45, 7) is 0. The van der Waals surface area contributed by atoms with Crippen LogP contribution in [0, 0.1) is 17.5 Å². The molecule has 1 atom stereocenters. The van der Waals surface area contributed by atoms with Gasteiger partial charge in [0.25, 0.3) is 0 Å². The monoisotopic (exact) mass is 285 g/mol. The van der Waals surface area contributed by atoms with Crippen LogP contribution in [0.2, 0.25) is 5.02 Å². The van der Waals surface area contributed by atoms with Gasteiger partial charge in [-0.3, -0.25) is 0 Å². The SMILES string of the molecule is NC(Cc1cc(F)cc(F)c1)c1ccc(Cl)cc1F. The standard InChI is InChI=1S/C14H11ClF3N/c15-9-1-2-12(13(18)6-9)14(19)5-8-3-10(16)7-11(17)4-8/h1-4,6-7,14H,5,19H2. The number of nitrogens with two attached hydrogens (primary N) is 1. The van der Waals surface area contributed by atoms with E-state index in [0.717, 1.165) is 12.1 Å². The van der Waals surface area contributed by atoms with E-state index in [0.29, 0.717) is 5.56 Å². The molecule has 2 N–H and O–H groups in total. The van der Waals surface area contributed by atoms with E-state index in [1.54, 1.807) is 0 Å². The minimum Gasteiger partial charge on any atom is -0.324 e. The molecule has 0 aliphatic heterocycles. The van der Waals surface area contributed by atoms with Crippen molar-refractivity contribution in [3.63, 3.8) is 0 Å². The molecule has 1 nitrogen and oxygen atoms in total. The Morgan fingerprint density at radius 2 is 1.63 bits per heavy atom. The quantitative estimate of drug-likeness (QED) is 0.906. The minimum absolute atomic E-state index is 0.132. The smallest absolute Gasteiger partial charge is 0.129 e. The number of benzene rings is 2. The molecule has 0 fully saturated rings. The lowest BCUT2D eigenvalue weighted by molar-refractivity contribution is 0.567. The summed E-state index contributed by atoms with van der Waals surface area (Å²) in [6.07, 6.45) is 0.132. The Morgan fingerprint density at radius 3 is 2.21 bits per heavy atom. The van der Waals surface area contributed by atoms with Crippen molar-refractivity contribution in [2.75, 3.05) is 0 Å². The Kier molecular flexibility index (Phi) is 4.12. The summed E-state index contributed by atoms with van der Waals surface area (Å²) in [4.78, 5) is 0. The highest BCUT2D eigenvalue weighted by Gasteiger charge is 2.13. The summed E-state index contributed by atoms with van der Waals surface area (Å²) in [7, 11) is 0. The number of hydrogen-bond acceptors (Lipinski definition) is 1. The first kappa shape index (κ1) is 13.9. The molecule has 100 valence electrons. The largest absolute Gasteiger partial charge is 0.324 e. The third-order valence-electron chi connectivity index (χ3n) is 2.74. The molecule has 0 amide bonds. The fourth-order valence-corrected chi connectivity index (χ4v) is 2.05. The van der Waals surface area contributed by atoms with Crippen molar-refractivity contribution in [3.8, 4) is 0 Å². The van der Waals surface area contributed by atoms with E-state index in [4.69, 9.17) is 17.3 Å². The van der Waals surface area contributed by atoms with Gasteiger partial charge in [-0.2, -0.15) is 0 Å². The van der Waals surface area contributed by atoms with Crippen molar-refractivity contribution in [1.82, 2.24) is 0 Å². The second-order valence-corrected chi connectivity index (χ2v) is 4.69. The average molecular weight is 286 g/mol. The number of hydrogen-bond donors (Lipinski definition) is 1. The van der Waals surface area contributed by atoms with Gasteiger partial charge in [0.1, 0.15) is 17.5 Å². The van der Waals surface area contributed by atoms with E-state index < -0.39 is 23.5 Å². The molecule has 19 heavy (non-hydrogen) atoms. The van der Waals surface area contributed by atoms with Crippen LogP contribution >= 0.6 is 11.6 Å². The van der Waals surface area contributed by atoms with Gasteiger partial charge in [0.2, 0.25) is 0 Å². The van der Waals surface area contributed by atoms with Crippen molar-refractivity contribution < 1.29 is 13.2 Å². The third kappa shape index (κ3) is 3.49. The molecule has 5 heteroatoms. The van der Waals surface area contributed by atoms with Crippen LogP contribution in [-0.4, -0.2) is 0 Å². The molecule has 0 aromatic heterocycles. The van der Waals surface area contributed by atoms with Crippen molar-refractivity contribution >= 4 is 11.6 Å². The van der Waals surface area contributed by atoms with Crippen molar-refractivity contribution in [3.05, 3.63) is 70.0 Å². The molecule has 0 radical (unpaired) electrons. The van der Waals surface area contributed by atoms with Crippen molar-refractivity contribution in [2.45, 2.75) is 12.5 Å². The predicted molar refractivity (Wildman–Crippen MR) is 68.4 cm³/mol. The van der Waals surface area contributed by atoms with Gasteiger partial charge < -0.3 is 5.73 Å².